The molecule has 1 aromatic rings. The number of carbonyl (C=O) groups is 2. The zero-order valence-electron chi connectivity index (χ0n) is 16.3. The predicted molar refractivity (Wildman–Crippen MR) is 101 cm³/mol. The fourth-order valence-corrected chi connectivity index (χ4v) is 5.71. The van der Waals surface area contributed by atoms with Crippen LogP contribution in [-0.2, 0) is 19.6 Å². The van der Waals surface area contributed by atoms with Crippen LogP contribution in [0.3, 0.4) is 0 Å². The van der Waals surface area contributed by atoms with Crippen LogP contribution in [0.1, 0.15) is 39.0 Å². The second kappa shape index (κ2) is 8.35. The van der Waals surface area contributed by atoms with Crippen LogP contribution >= 0.6 is 0 Å². The Labute approximate surface area is 169 Å². The maximum absolute atomic E-state index is 14.0. The summed E-state index contributed by atoms with van der Waals surface area (Å²) in [6, 6.07) is 2.90. The van der Waals surface area contributed by atoms with Crippen molar-refractivity contribution in [1.82, 2.24) is 14.5 Å². The van der Waals surface area contributed by atoms with Crippen molar-refractivity contribution in [1.29, 1.82) is 0 Å². The molecule has 7 nitrogen and oxygen atoms in total. The third-order valence-electron chi connectivity index (χ3n) is 5.57. The van der Waals surface area contributed by atoms with Crippen LogP contribution < -0.4 is 5.32 Å². The zero-order chi connectivity index (χ0) is 21.2. The van der Waals surface area contributed by atoms with Crippen LogP contribution in [-0.4, -0.2) is 61.2 Å². The van der Waals surface area contributed by atoms with E-state index in [0.29, 0.717) is 12.8 Å². The lowest BCUT2D eigenvalue weighted by atomic mass is 9.80. The molecule has 0 unspecified atom stereocenters. The van der Waals surface area contributed by atoms with Gasteiger partial charge < -0.3 is 10.2 Å². The minimum absolute atomic E-state index is 0.0714. The quantitative estimate of drug-likeness (QED) is 0.788. The second-order valence-electron chi connectivity index (χ2n) is 7.57. The summed E-state index contributed by atoms with van der Waals surface area (Å²) >= 11 is 0. The molecule has 1 N–H and O–H groups in total. The second-order valence-corrected chi connectivity index (χ2v) is 9.45. The molecule has 2 fully saturated rings. The van der Waals surface area contributed by atoms with Gasteiger partial charge in [-0.15, -0.1) is 0 Å². The number of amides is 2. The average molecular weight is 429 g/mol. The first kappa shape index (κ1) is 21.6. The van der Waals surface area contributed by atoms with Crippen LogP contribution in [0, 0.1) is 11.6 Å². The van der Waals surface area contributed by atoms with Crippen LogP contribution in [0.2, 0.25) is 0 Å². The molecule has 0 aromatic heterocycles. The lowest BCUT2D eigenvalue weighted by Gasteiger charge is -2.42. The highest BCUT2D eigenvalue weighted by Gasteiger charge is 2.44. The van der Waals surface area contributed by atoms with Crippen molar-refractivity contribution in [2.24, 2.45) is 0 Å². The van der Waals surface area contributed by atoms with Crippen molar-refractivity contribution in [3.63, 3.8) is 0 Å². The number of piperazine rings is 1. The van der Waals surface area contributed by atoms with Gasteiger partial charge in [-0.2, -0.15) is 4.31 Å². The number of hydrogen-bond acceptors (Lipinski definition) is 4. The van der Waals surface area contributed by atoms with Gasteiger partial charge in [-0.1, -0.05) is 25.3 Å². The molecule has 1 aromatic carbocycles. The standard InChI is InChI=1S/C19H25F2N3O4S/c1-14(25)22-19(8-3-2-4-9-19)18(26)23-10-12-24(13-11-23)29(27,28)17-15(20)6-5-7-16(17)21/h5-7H,2-4,8-13H2,1H3,(H,22,25). The van der Waals surface area contributed by atoms with Crippen molar-refractivity contribution in [3.05, 3.63) is 29.8 Å². The number of carbonyl (C=O) groups excluding carboxylic acids is 2. The van der Waals surface area contributed by atoms with Crippen molar-refractivity contribution in [2.45, 2.75) is 49.5 Å². The predicted octanol–water partition coefficient (Wildman–Crippen LogP) is 1.64. The summed E-state index contributed by atoms with van der Waals surface area (Å²) < 4.78 is 54.3. The summed E-state index contributed by atoms with van der Waals surface area (Å²) in [5.41, 5.74) is -0.956. The van der Waals surface area contributed by atoms with Gasteiger partial charge in [0, 0.05) is 33.1 Å². The fourth-order valence-electron chi connectivity index (χ4n) is 4.18. The number of halogens is 2. The topological polar surface area (TPSA) is 86.8 Å². The summed E-state index contributed by atoms with van der Waals surface area (Å²) in [6.45, 7) is 1.41. The summed E-state index contributed by atoms with van der Waals surface area (Å²) in [7, 11) is -4.36. The summed E-state index contributed by atoms with van der Waals surface area (Å²) in [5, 5.41) is 2.81. The molecule has 0 spiro atoms. The Balaban J connectivity index is 1.74. The van der Waals surface area contributed by atoms with Gasteiger partial charge in [-0.25, -0.2) is 17.2 Å². The Morgan fingerprint density at radius 2 is 1.55 bits per heavy atom. The summed E-state index contributed by atoms with van der Waals surface area (Å²) in [5.74, 6) is -2.79. The normalized spacial score (nSPS) is 20.3. The molecule has 0 bridgehead atoms. The summed E-state index contributed by atoms with van der Waals surface area (Å²) in [6.07, 6.45) is 3.74. The van der Waals surface area contributed by atoms with Crippen LogP contribution in [0.4, 0.5) is 8.78 Å². The molecular formula is C19H25F2N3O4S. The van der Waals surface area contributed by atoms with E-state index in [2.05, 4.69) is 5.32 Å². The van der Waals surface area contributed by atoms with Gasteiger partial charge >= 0.3 is 0 Å². The fraction of sp³-hybridized carbons (Fsp3) is 0.579. The first-order valence-corrected chi connectivity index (χ1v) is 11.1. The number of nitrogens with zero attached hydrogens (tertiary/aromatic N) is 2. The molecule has 1 heterocycles. The molecule has 1 saturated carbocycles. The number of nitrogens with one attached hydrogen (secondary N) is 1. The van der Waals surface area contributed by atoms with Crippen molar-refractivity contribution in [2.75, 3.05) is 26.2 Å². The van der Waals surface area contributed by atoms with Gasteiger partial charge in [-0.3, -0.25) is 9.59 Å². The molecule has 29 heavy (non-hydrogen) atoms. The van der Waals surface area contributed by atoms with Gasteiger partial charge in [0.1, 0.15) is 17.2 Å². The molecule has 160 valence electrons. The van der Waals surface area contributed by atoms with E-state index < -0.39 is 32.1 Å². The highest BCUT2D eigenvalue weighted by atomic mass is 32.2. The molecule has 1 aliphatic heterocycles. The first-order valence-electron chi connectivity index (χ1n) is 9.70. The minimum Gasteiger partial charge on any atom is -0.342 e. The van der Waals surface area contributed by atoms with E-state index >= 15 is 0 Å². The highest BCUT2D eigenvalue weighted by molar-refractivity contribution is 7.89. The number of rotatable bonds is 4. The SMILES string of the molecule is CC(=O)NC1(C(=O)N2CCN(S(=O)(=O)c3c(F)cccc3F)CC2)CCCCC1. The maximum Gasteiger partial charge on any atom is 0.249 e. The van der Waals surface area contributed by atoms with E-state index in [1.807, 2.05) is 0 Å². The Hall–Kier alpha value is -2.07. The number of benzene rings is 1. The van der Waals surface area contributed by atoms with E-state index in [1.165, 1.54) is 11.8 Å². The van der Waals surface area contributed by atoms with Crippen molar-refractivity contribution < 1.29 is 26.8 Å². The zero-order valence-corrected chi connectivity index (χ0v) is 17.1. The van der Waals surface area contributed by atoms with Gasteiger partial charge in [0.25, 0.3) is 0 Å². The Bertz CT molecular complexity index is 872. The molecule has 10 heteroatoms. The minimum atomic E-state index is -4.36. The number of sulfonamides is 1. The van der Waals surface area contributed by atoms with Crippen LogP contribution in [0.25, 0.3) is 0 Å². The lowest BCUT2D eigenvalue weighted by Crippen LogP contribution is -2.63. The Kier molecular flexibility index (Phi) is 6.23. The lowest BCUT2D eigenvalue weighted by molar-refractivity contribution is -0.144. The van der Waals surface area contributed by atoms with E-state index in [4.69, 9.17) is 0 Å². The highest BCUT2D eigenvalue weighted by Crippen LogP contribution is 2.31. The van der Waals surface area contributed by atoms with Gasteiger partial charge in [0.05, 0.1) is 0 Å². The van der Waals surface area contributed by atoms with Gasteiger partial charge in [-0.05, 0) is 25.0 Å². The molecule has 1 aliphatic carbocycles. The molecule has 2 amide bonds. The monoisotopic (exact) mass is 429 g/mol. The molecule has 0 radical (unpaired) electrons. The molecular weight excluding hydrogens is 404 g/mol. The Morgan fingerprint density at radius 1 is 1.00 bits per heavy atom. The largest absolute Gasteiger partial charge is 0.342 e. The third kappa shape index (κ3) is 4.28. The maximum atomic E-state index is 14.0. The average Bonchev–Trinajstić information content (AvgIpc) is 2.67. The van der Waals surface area contributed by atoms with Gasteiger partial charge in [0.2, 0.25) is 21.8 Å². The first-order chi connectivity index (χ1) is 13.7. The number of hydrogen-bond donors (Lipinski definition) is 1. The van der Waals surface area contributed by atoms with Crippen LogP contribution in [0.5, 0.6) is 0 Å². The Morgan fingerprint density at radius 3 is 2.07 bits per heavy atom. The molecule has 3 rings (SSSR count). The van der Waals surface area contributed by atoms with Crippen molar-refractivity contribution >= 4 is 21.8 Å². The molecule has 0 atom stereocenters. The molecule has 2 aliphatic rings. The van der Waals surface area contributed by atoms with E-state index in [1.54, 1.807) is 0 Å². The van der Waals surface area contributed by atoms with E-state index in [-0.39, 0.29) is 38.0 Å². The van der Waals surface area contributed by atoms with Crippen molar-refractivity contribution in [3.8, 4) is 0 Å². The summed E-state index contributed by atoms with van der Waals surface area (Å²) in [4.78, 5) is 25.4. The third-order valence-corrected chi connectivity index (χ3v) is 7.53. The van der Waals surface area contributed by atoms with E-state index in [0.717, 1.165) is 41.8 Å². The van der Waals surface area contributed by atoms with Crippen LogP contribution in [0.15, 0.2) is 23.1 Å². The smallest absolute Gasteiger partial charge is 0.249 e. The molecule has 1 saturated heterocycles. The van der Waals surface area contributed by atoms with Gasteiger partial charge in [0.15, 0.2) is 4.90 Å². The van der Waals surface area contributed by atoms with E-state index in [9.17, 15) is 26.8 Å².